The van der Waals surface area contributed by atoms with Crippen molar-refractivity contribution in [2.45, 2.75) is 25.3 Å². The van der Waals surface area contributed by atoms with Crippen molar-refractivity contribution in [3.8, 4) is 0 Å². The minimum absolute atomic E-state index is 0.153. The van der Waals surface area contributed by atoms with Gasteiger partial charge in [-0.05, 0) is 30.4 Å². The van der Waals surface area contributed by atoms with Gasteiger partial charge in [0.05, 0.1) is 6.04 Å². The molecule has 1 unspecified atom stereocenters. The largest absolute Gasteiger partial charge is 0.392 e. The Kier molecular flexibility index (Phi) is 3.54. The minimum atomic E-state index is -0.766. The lowest BCUT2D eigenvalue weighted by molar-refractivity contribution is 0.0928. The number of nitrogens with one attached hydrogen (secondary N) is 3. The van der Waals surface area contributed by atoms with Gasteiger partial charge in [0.15, 0.2) is 0 Å². The van der Waals surface area contributed by atoms with E-state index in [9.17, 15) is 14.4 Å². The molecule has 5 N–H and O–H groups in total. The maximum atomic E-state index is 12.3. The summed E-state index contributed by atoms with van der Waals surface area (Å²) in [5.74, 6) is -0.553. The number of nitrogens with two attached hydrogens (primary N) is 1. The van der Waals surface area contributed by atoms with Gasteiger partial charge in [-0.25, -0.2) is 4.79 Å². The van der Waals surface area contributed by atoms with Crippen LogP contribution < -0.4 is 22.3 Å². The number of H-pyrrole nitrogens is 2. The van der Waals surface area contributed by atoms with E-state index in [1.165, 1.54) is 5.56 Å². The first-order chi connectivity index (χ1) is 10.6. The van der Waals surface area contributed by atoms with E-state index in [-0.39, 0.29) is 17.4 Å². The Balaban J connectivity index is 1.90. The van der Waals surface area contributed by atoms with E-state index in [0.29, 0.717) is 0 Å². The van der Waals surface area contributed by atoms with Gasteiger partial charge in [-0.2, -0.15) is 0 Å². The maximum absolute atomic E-state index is 12.3. The third kappa shape index (κ3) is 2.52. The second-order valence-corrected chi connectivity index (χ2v) is 5.31. The molecule has 1 amide bonds. The molecule has 114 valence electrons. The predicted molar refractivity (Wildman–Crippen MR) is 81.7 cm³/mol. The molecule has 1 heterocycles. The maximum Gasteiger partial charge on any atom is 0.326 e. The van der Waals surface area contributed by atoms with Crippen LogP contribution in [0.5, 0.6) is 0 Å². The van der Waals surface area contributed by atoms with E-state index in [4.69, 9.17) is 5.73 Å². The van der Waals surface area contributed by atoms with Crippen molar-refractivity contribution in [1.82, 2.24) is 15.3 Å². The van der Waals surface area contributed by atoms with Gasteiger partial charge in [-0.3, -0.25) is 14.6 Å². The highest BCUT2D eigenvalue weighted by molar-refractivity contribution is 5.97. The molecule has 0 saturated carbocycles. The zero-order valence-corrected chi connectivity index (χ0v) is 11.8. The molecule has 3 rings (SSSR count). The Bertz CT molecular complexity index is 837. The van der Waals surface area contributed by atoms with Crippen molar-refractivity contribution in [3.63, 3.8) is 0 Å². The van der Waals surface area contributed by atoms with E-state index in [1.807, 2.05) is 29.2 Å². The van der Waals surface area contributed by atoms with Crippen LogP contribution in [0.25, 0.3) is 0 Å². The summed E-state index contributed by atoms with van der Waals surface area (Å²) < 4.78 is 0. The highest BCUT2D eigenvalue weighted by Crippen LogP contribution is 2.29. The number of hydrogen-bond acceptors (Lipinski definition) is 4. The van der Waals surface area contributed by atoms with E-state index >= 15 is 0 Å². The summed E-state index contributed by atoms with van der Waals surface area (Å²) in [6, 6.07) is 7.75. The van der Waals surface area contributed by atoms with Crippen molar-refractivity contribution in [1.29, 1.82) is 0 Å². The zero-order valence-electron chi connectivity index (χ0n) is 11.8. The fraction of sp³-hybridized carbons (Fsp3) is 0.267. The summed E-state index contributed by atoms with van der Waals surface area (Å²) in [5.41, 5.74) is 5.83. The molecular formula is C15H16N4O3. The van der Waals surface area contributed by atoms with E-state index in [1.54, 1.807) is 0 Å². The van der Waals surface area contributed by atoms with Crippen molar-refractivity contribution in [2.24, 2.45) is 0 Å². The van der Waals surface area contributed by atoms with E-state index in [2.05, 4.69) is 10.3 Å². The normalized spacial score (nSPS) is 16.8. The molecule has 1 aliphatic carbocycles. The van der Waals surface area contributed by atoms with Crippen LogP contribution in [-0.2, 0) is 6.42 Å². The molecule has 0 spiro atoms. The van der Waals surface area contributed by atoms with Crippen molar-refractivity contribution >= 4 is 11.6 Å². The van der Waals surface area contributed by atoms with Crippen LogP contribution in [0.3, 0.4) is 0 Å². The van der Waals surface area contributed by atoms with Crippen LogP contribution >= 0.6 is 0 Å². The Morgan fingerprint density at radius 1 is 1.23 bits per heavy atom. The van der Waals surface area contributed by atoms with Gasteiger partial charge < -0.3 is 16.0 Å². The van der Waals surface area contributed by atoms with Gasteiger partial charge in [-0.15, -0.1) is 0 Å². The summed E-state index contributed by atoms with van der Waals surface area (Å²) in [4.78, 5) is 39.4. The van der Waals surface area contributed by atoms with Gasteiger partial charge >= 0.3 is 5.69 Å². The number of hydrogen-bond donors (Lipinski definition) is 4. The molecule has 7 heteroatoms. The molecule has 1 aromatic carbocycles. The molecule has 1 aliphatic rings. The number of fused-ring (bicyclic) bond motifs is 1. The fourth-order valence-corrected chi connectivity index (χ4v) is 2.81. The molecule has 0 aliphatic heterocycles. The number of aromatic amines is 2. The van der Waals surface area contributed by atoms with Crippen molar-refractivity contribution in [2.75, 3.05) is 5.73 Å². The van der Waals surface area contributed by atoms with E-state index < -0.39 is 17.2 Å². The Hall–Kier alpha value is -2.83. The number of benzene rings is 1. The first-order valence-electron chi connectivity index (χ1n) is 7.07. The minimum Gasteiger partial charge on any atom is -0.392 e. The zero-order chi connectivity index (χ0) is 15.7. The fourth-order valence-electron chi connectivity index (χ4n) is 2.81. The molecule has 0 saturated heterocycles. The lowest BCUT2D eigenvalue weighted by Gasteiger charge is -2.26. The molecule has 1 atom stereocenters. The SMILES string of the molecule is Nc1c(C(=O)NC2CCCc3ccccc32)[nH]c(=O)[nH]c1=O. The van der Waals surface area contributed by atoms with Gasteiger partial charge in [-0.1, -0.05) is 24.3 Å². The average molecular weight is 300 g/mol. The molecule has 22 heavy (non-hydrogen) atoms. The molecule has 0 bridgehead atoms. The highest BCUT2D eigenvalue weighted by Gasteiger charge is 2.23. The molecule has 0 fully saturated rings. The first-order valence-corrected chi connectivity index (χ1v) is 7.07. The number of carbonyl (C=O) groups excluding carboxylic acids is 1. The summed E-state index contributed by atoms with van der Waals surface area (Å²) in [6.45, 7) is 0. The van der Waals surface area contributed by atoms with Crippen LogP contribution in [0.2, 0.25) is 0 Å². The Labute approximate surface area is 125 Å². The molecule has 1 aromatic heterocycles. The van der Waals surface area contributed by atoms with Crippen molar-refractivity contribution in [3.05, 3.63) is 61.9 Å². The number of carbonyl (C=O) groups is 1. The number of aryl methyl sites for hydroxylation is 1. The monoisotopic (exact) mass is 300 g/mol. The number of nitrogen functional groups attached to an aromatic ring is 1. The smallest absolute Gasteiger partial charge is 0.326 e. The quantitative estimate of drug-likeness (QED) is 0.643. The van der Waals surface area contributed by atoms with Crippen LogP contribution in [0.1, 0.15) is 40.5 Å². The number of amides is 1. The van der Waals surface area contributed by atoms with E-state index in [0.717, 1.165) is 24.8 Å². The van der Waals surface area contributed by atoms with Gasteiger partial charge in [0, 0.05) is 0 Å². The summed E-state index contributed by atoms with van der Waals surface area (Å²) in [7, 11) is 0. The highest BCUT2D eigenvalue weighted by atomic mass is 16.2. The molecular weight excluding hydrogens is 284 g/mol. The molecule has 7 nitrogen and oxygen atoms in total. The van der Waals surface area contributed by atoms with Crippen LogP contribution in [0, 0.1) is 0 Å². The Morgan fingerprint density at radius 2 is 2.00 bits per heavy atom. The predicted octanol–water partition coefficient (Wildman–Crippen LogP) is 0.453. The summed E-state index contributed by atoms with van der Waals surface area (Å²) >= 11 is 0. The average Bonchev–Trinajstić information content (AvgIpc) is 2.51. The second kappa shape index (κ2) is 5.51. The number of anilines is 1. The summed E-state index contributed by atoms with van der Waals surface area (Å²) in [6.07, 6.45) is 2.74. The van der Waals surface area contributed by atoms with Gasteiger partial charge in [0.25, 0.3) is 11.5 Å². The number of aromatic nitrogens is 2. The third-order valence-electron chi connectivity index (χ3n) is 3.88. The Morgan fingerprint density at radius 3 is 2.82 bits per heavy atom. The molecule has 2 aromatic rings. The molecule has 0 radical (unpaired) electrons. The standard InChI is InChI=1S/C15H16N4O3/c16-11-12(18-15(22)19-13(11)20)14(21)17-10-7-3-5-8-4-1-2-6-9(8)10/h1-2,4,6,10H,3,5,7,16H2,(H,17,21)(H2,18,19,20,22). The second-order valence-electron chi connectivity index (χ2n) is 5.31. The lowest BCUT2D eigenvalue weighted by Crippen LogP contribution is -2.36. The van der Waals surface area contributed by atoms with Crippen molar-refractivity contribution < 1.29 is 4.79 Å². The van der Waals surface area contributed by atoms with Crippen LogP contribution in [0.4, 0.5) is 5.69 Å². The third-order valence-corrected chi connectivity index (χ3v) is 3.88. The summed E-state index contributed by atoms with van der Waals surface area (Å²) in [5, 5.41) is 2.84. The number of rotatable bonds is 2. The lowest BCUT2D eigenvalue weighted by atomic mass is 9.87. The topological polar surface area (TPSA) is 121 Å². The van der Waals surface area contributed by atoms with Crippen LogP contribution in [0.15, 0.2) is 33.9 Å². The van der Waals surface area contributed by atoms with Gasteiger partial charge in [0.1, 0.15) is 11.4 Å². The van der Waals surface area contributed by atoms with Gasteiger partial charge in [0.2, 0.25) is 0 Å². The van der Waals surface area contributed by atoms with Crippen LogP contribution in [-0.4, -0.2) is 15.9 Å². The first kappa shape index (κ1) is 14.1.